The molecule has 2 atom stereocenters. The molecule has 0 aromatic carbocycles. The molecule has 0 bridgehead atoms. The number of carboxylic acids is 1. The molecule has 0 aromatic rings. The SMILES string of the molecule is CC(C)C(=O)O[C@@H](C)OC(=O)C(N)C1(CC(=O)O)CCCCC1. The molecule has 132 valence electrons. The second-order valence-corrected chi connectivity index (χ2v) is 6.57. The summed E-state index contributed by atoms with van der Waals surface area (Å²) < 4.78 is 10.1. The van der Waals surface area contributed by atoms with Crippen molar-refractivity contribution in [3.05, 3.63) is 0 Å². The van der Waals surface area contributed by atoms with Gasteiger partial charge in [-0.2, -0.15) is 0 Å². The van der Waals surface area contributed by atoms with Gasteiger partial charge in [0.1, 0.15) is 6.04 Å². The third-order valence-corrected chi connectivity index (χ3v) is 4.30. The van der Waals surface area contributed by atoms with Crippen LogP contribution in [0.4, 0.5) is 0 Å². The zero-order chi connectivity index (χ0) is 17.6. The number of ether oxygens (including phenoxy) is 2. The molecule has 1 fully saturated rings. The first kappa shape index (κ1) is 19.4. The van der Waals surface area contributed by atoms with Crippen LogP contribution in [-0.4, -0.2) is 35.3 Å². The Labute approximate surface area is 136 Å². The van der Waals surface area contributed by atoms with Crippen LogP contribution in [0.25, 0.3) is 0 Å². The fourth-order valence-corrected chi connectivity index (χ4v) is 2.97. The Kier molecular flexibility index (Phi) is 7.00. The van der Waals surface area contributed by atoms with E-state index in [2.05, 4.69) is 0 Å². The van der Waals surface area contributed by atoms with Crippen LogP contribution in [0.3, 0.4) is 0 Å². The van der Waals surface area contributed by atoms with Crippen molar-refractivity contribution in [3.63, 3.8) is 0 Å². The molecule has 0 heterocycles. The standard InChI is InChI=1S/C16H27NO6/c1-10(2)14(20)22-11(3)23-15(21)13(17)16(9-12(18)19)7-5-4-6-8-16/h10-11,13H,4-9,17H2,1-3H3,(H,18,19)/t11-,13?/m1/s1. The van der Waals surface area contributed by atoms with Gasteiger partial charge in [-0.15, -0.1) is 0 Å². The number of aliphatic carboxylic acids is 1. The second kappa shape index (κ2) is 8.29. The van der Waals surface area contributed by atoms with E-state index in [1.54, 1.807) is 13.8 Å². The first-order valence-corrected chi connectivity index (χ1v) is 8.06. The molecule has 0 radical (unpaired) electrons. The van der Waals surface area contributed by atoms with Gasteiger partial charge in [0, 0.05) is 12.3 Å². The van der Waals surface area contributed by atoms with Gasteiger partial charge < -0.3 is 20.3 Å². The van der Waals surface area contributed by atoms with E-state index in [4.69, 9.17) is 20.3 Å². The maximum Gasteiger partial charge on any atom is 0.326 e. The molecule has 0 spiro atoms. The molecule has 0 saturated heterocycles. The van der Waals surface area contributed by atoms with E-state index < -0.39 is 35.7 Å². The summed E-state index contributed by atoms with van der Waals surface area (Å²) in [7, 11) is 0. The Bertz CT molecular complexity index is 442. The Hall–Kier alpha value is -1.63. The van der Waals surface area contributed by atoms with E-state index in [-0.39, 0.29) is 12.3 Å². The Balaban J connectivity index is 2.71. The Morgan fingerprint density at radius 2 is 1.57 bits per heavy atom. The monoisotopic (exact) mass is 329 g/mol. The molecule has 23 heavy (non-hydrogen) atoms. The summed E-state index contributed by atoms with van der Waals surface area (Å²) in [6.45, 7) is 4.79. The van der Waals surface area contributed by atoms with Gasteiger partial charge in [-0.1, -0.05) is 33.1 Å². The summed E-state index contributed by atoms with van der Waals surface area (Å²) in [4.78, 5) is 34.9. The van der Waals surface area contributed by atoms with Gasteiger partial charge >= 0.3 is 17.9 Å². The Morgan fingerprint density at radius 3 is 2.04 bits per heavy atom. The minimum Gasteiger partial charge on any atom is -0.481 e. The van der Waals surface area contributed by atoms with Gasteiger partial charge in [-0.25, -0.2) is 0 Å². The van der Waals surface area contributed by atoms with Crippen LogP contribution < -0.4 is 5.73 Å². The van der Waals surface area contributed by atoms with E-state index in [1.807, 2.05) is 0 Å². The molecule has 1 aliphatic carbocycles. The second-order valence-electron chi connectivity index (χ2n) is 6.57. The van der Waals surface area contributed by atoms with Crippen molar-refractivity contribution in [2.75, 3.05) is 0 Å². The smallest absolute Gasteiger partial charge is 0.326 e. The third-order valence-electron chi connectivity index (χ3n) is 4.30. The van der Waals surface area contributed by atoms with Gasteiger partial charge in [0.05, 0.1) is 12.3 Å². The van der Waals surface area contributed by atoms with Gasteiger partial charge in [0.25, 0.3) is 0 Å². The summed E-state index contributed by atoms with van der Waals surface area (Å²) in [6.07, 6.45) is 2.63. The quantitative estimate of drug-likeness (QED) is 0.540. The number of carboxylic acid groups (broad SMARTS) is 1. The predicted molar refractivity (Wildman–Crippen MR) is 82.2 cm³/mol. The molecular weight excluding hydrogens is 302 g/mol. The lowest BCUT2D eigenvalue weighted by Gasteiger charge is -2.39. The van der Waals surface area contributed by atoms with Crippen LogP contribution in [0, 0.1) is 11.3 Å². The third kappa shape index (κ3) is 5.49. The van der Waals surface area contributed by atoms with Crippen molar-refractivity contribution in [2.24, 2.45) is 17.1 Å². The molecule has 1 saturated carbocycles. The molecule has 7 nitrogen and oxygen atoms in total. The highest BCUT2D eigenvalue weighted by Crippen LogP contribution is 2.42. The lowest BCUT2D eigenvalue weighted by molar-refractivity contribution is -0.190. The molecular formula is C16H27NO6. The first-order chi connectivity index (χ1) is 10.7. The molecule has 1 aliphatic rings. The molecule has 1 unspecified atom stereocenters. The van der Waals surface area contributed by atoms with E-state index in [1.165, 1.54) is 6.92 Å². The fourth-order valence-electron chi connectivity index (χ4n) is 2.97. The number of carbonyl (C=O) groups is 3. The number of carbonyl (C=O) groups excluding carboxylic acids is 2. The largest absolute Gasteiger partial charge is 0.481 e. The average Bonchev–Trinajstić information content (AvgIpc) is 2.46. The van der Waals surface area contributed by atoms with Gasteiger partial charge in [-0.05, 0) is 12.8 Å². The van der Waals surface area contributed by atoms with Gasteiger partial charge in [0.15, 0.2) is 0 Å². The van der Waals surface area contributed by atoms with Crippen molar-refractivity contribution in [1.29, 1.82) is 0 Å². The minimum atomic E-state index is -1.05. The molecule has 0 aromatic heterocycles. The number of hydrogen-bond acceptors (Lipinski definition) is 6. The van der Waals surface area contributed by atoms with Crippen LogP contribution >= 0.6 is 0 Å². The van der Waals surface area contributed by atoms with E-state index >= 15 is 0 Å². The summed E-state index contributed by atoms with van der Waals surface area (Å²) in [5, 5.41) is 9.15. The highest BCUT2D eigenvalue weighted by Gasteiger charge is 2.44. The molecule has 0 amide bonds. The highest BCUT2D eigenvalue weighted by atomic mass is 16.7. The zero-order valence-electron chi connectivity index (χ0n) is 14.0. The predicted octanol–water partition coefficient (Wildman–Crippen LogP) is 1.83. The van der Waals surface area contributed by atoms with E-state index in [0.717, 1.165) is 19.3 Å². The number of esters is 2. The Morgan fingerprint density at radius 1 is 1.04 bits per heavy atom. The molecule has 0 aliphatic heterocycles. The van der Waals surface area contributed by atoms with Crippen molar-refractivity contribution >= 4 is 17.9 Å². The molecule has 7 heteroatoms. The van der Waals surface area contributed by atoms with Crippen molar-refractivity contribution in [3.8, 4) is 0 Å². The maximum absolute atomic E-state index is 12.3. The summed E-state index contributed by atoms with van der Waals surface area (Å²) >= 11 is 0. The first-order valence-electron chi connectivity index (χ1n) is 8.06. The zero-order valence-corrected chi connectivity index (χ0v) is 14.0. The maximum atomic E-state index is 12.3. The van der Waals surface area contributed by atoms with Crippen LogP contribution in [0.2, 0.25) is 0 Å². The van der Waals surface area contributed by atoms with Crippen molar-refractivity contribution in [1.82, 2.24) is 0 Å². The fraction of sp³-hybridized carbons (Fsp3) is 0.812. The van der Waals surface area contributed by atoms with E-state index in [9.17, 15) is 14.4 Å². The van der Waals surface area contributed by atoms with Crippen LogP contribution in [0.1, 0.15) is 59.3 Å². The molecule has 1 rings (SSSR count). The molecule has 3 N–H and O–H groups in total. The normalized spacial score (nSPS) is 19.7. The number of hydrogen-bond donors (Lipinski definition) is 2. The minimum absolute atomic E-state index is 0.163. The summed E-state index contributed by atoms with van der Waals surface area (Å²) in [5.41, 5.74) is 5.25. The van der Waals surface area contributed by atoms with E-state index in [0.29, 0.717) is 12.8 Å². The summed E-state index contributed by atoms with van der Waals surface area (Å²) in [5.74, 6) is -2.51. The number of rotatable bonds is 7. The van der Waals surface area contributed by atoms with Gasteiger partial charge in [-0.3, -0.25) is 14.4 Å². The lowest BCUT2D eigenvalue weighted by Crippen LogP contribution is -2.51. The van der Waals surface area contributed by atoms with Gasteiger partial charge in [0.2, 0.25) is 6.29 Å². The highest BCUT2D eigenvalue weighted by molar-refractivity contribution is 5.79. The topological polar surface area (TPSA) is 116 Å². The number of nitrogens with two attached hydrogens (primary N) is 1. The van der Waals surface area contributed by atoms with Crippen LogP contribution in [-0.2, 0) is 23.9 Å². The summed E-state index contributed by atoms with van der Waals surface area (Å²) in [6, 6.07) is -1.04. The average molecular weight is 329 g/mol. The van der Waals surface area contributed by atoms with Crippen LogP contribution in [0.5, 0.6) is 0 Å². The van der Waals surface area contributed by atoms with Crippen LogP contribution in [0.15, 0.2) is 0 Å². The lowest BCUT2D eigenvalue weighted by atomic mass is 9.67. The van der Waals surface area contributed by atoms with Crippen molar-refractivity contribution in [2.45, 2.75) is 71.6 Å². The van der Waals surface area contributed by atoms with Crippen molar-refractivity contribution < 1.29 is 29.0 Å².